The first-order valence-electron chi connectivity index (χ1n) is 7.48. The summed E-state index contributed by atoms with van der Waals surface area (Å²) in [4.78, 5) is 17.3. The molecule has 0 unspecified atom stereocenters. The zero-order valence-corrected chi connectivity index (χ0v) is 12.9. The van der Waals surface area contributed by atoms with Crippen LogP contribution in [0.15, 0.2) is 54.6 Å². The van der Waals surface area contributed by atoms with Crippen LogP contribution >= 0.6 is 0 Å². The maximum atomic E-state index is 12.2. The number of methoxy groups -OCH3 is 1. The minimum Gasteiger partial charge on any atom is -0.497 e. The fourth-order valence-electron chi connectivity index (χ4n) is 3.40. The number of hydrogen-bond acceptors (Lipinski definition) is 5. The summed E-state index contributed by atoms with van der Waals surface area (Å²) in [5.41, 5.74) is 3.03. The molecule has 0 radical (unpaired) electrons. The molecule has 2 aromatic carbocycles. The van der Waals surface area contributed by atoms with E-state index in [0.29, 0.717) is 0 Å². The number of ether oxygens (including phenoxy) is 2. The molecule has 23 heavy (non-hydrogen) atoms. The first-order chi connectivity index (χ1) is 11.1. The Morgan fingerprint density at radius 3 is 2.43 bits per heavy atom. The van der Waals surface area contributed by atoms with Gasteiger partial charge in [-0.15, -0.1) is 5.48 Å². The Hall–Kier alpha value is -2.37. The van der Waals surface area contributed by atoms with Crippen LogP contribution in [-0.2, 0) is 20.0 Å². The summed E-state index contributed by atoms with van der Waals surface area (Å²) in [5, 5.41) is 0. The van der Waals surface area contributed by atoms with Gasteiger partial charge in [-0.25, -0.2) is 4.79 Å². The zero-order chi connectivity index (χ0) is 16.1. The fraction of sp³-hybridized carbons (Fsp3) is 0.278. The van der Waals surface area contributed by atoms with Crippen molar-refractivity contribution in [3.8, 4) is 5.75 Å². The Labute approximate surface area is 134 Å². The van der Waals surface area contributed by atoms with E-state index >= 15 is 0 Å². The molecule has 2 saturated heterocycles. The third-order valence-electron chi connectivity index (χ3n) is 4.75. The average molecular weight is 311 g/mol. The summed E-state index contributed by atoms with van der Waals surface area (Å²) >= 11 is 0. The summed E-state index contributed by atoms with van der Waals surface area (Å²) in [5.74, 6) is 0.376. The maximum Gasteiger partial charge on any atom is 0.360 e. The molecule has 2 aliphatic heterocycles. The molecule has 2 heterocycles. The summed E-state index contributed by atoms with van der Waals surface area (Å²) in [7, 11) is 1.63. The monoisotopic (exact) mass is 311 g/mol. The highest BCUT2D eigenvalue weighted by Crippen LogP contribution is 2.64. The quantitative estimate of drug-likeness (QED) is 0.883. The Kier molecular flexibility index (Phi) is 2.98. The van der Waals surface area contributed by atoms with Crippen molar-refractivity contribution in [3.63, 3.8) is 0 Å². The highest BCUT2D eigenvalue weighted by Gasteiger charge is 2.79. The molecule has 2 aromatic rings. The number of nitrogens with one attached hydrogen (secondary N) is 1. The molecular weight excluding hydrogens is 294 g/mol. The molecule has 118 valence electrons. The Morgan fingerprint density at radius 1 is 1.09 bits per heavy atom. The van der Waals surface area contributed by atoms with Crippen molar-refractivity contribution in [2.75, 3.05) is 7.11 Å². The smallest absolute Gasteiger partial charge is 0.360 e. The highest BCUT2D eigenvalue weighted by molar-refractivity contribution is 5.86. The number of epoxide rings is 1. The standard InChI is InChI=1S/C18H17NO4/c1-17-16(20)22-19-15(12-8-10-14(21-2)11-9-12)18(17,23-17)13-6-4-3-5-7-13/h3-11,15,19H,1-2H3/t15-,17+,18-/m0/s1. The van der Waals surface area contributed by atoms with Crippen LogP contribution in [0.3, 0.4) is 0 Å². The number of carbonyl (C=O) groups excluding carboxylic acids is 1. The number of rotatable bonds is 3. The number of hydrogen-bond donors (Lipinski definition) is 1. The minimum atomic E-state index is -0.982. The molecule has 2 aliphatic rings. The van der Waals surface area contributed by atoms with Crippen LogP contribution in [0, 0.1) is 0 Å². The molecule has 1 N–H and O–H groups in total. The minimum absolute atomic E-state index is 0.293. The predicted molar refractivity (Wildman–Crippen MR) is 82.6 cm³/mol. The van der Waals surface area contributed by atoms with Crippen LogP contribution in [-0.4, -0.2) is 18.7 Å². The number of hydroxylamine groups is 1. The zero-order valence-electron chi connectivity index (χ0n) is 12.9. The van der Waals surface area contributed by atoms with Crippen molar-refractivity contribution >= 4 is 5.97 Å². The molecule has 5 nitrogen and oxygen atoms in total. The second-order valence-corrected chi connectivity index (χ2v) is 5.95. The van der Waals surface area contributed by atoms with Crippen LogP contribution in [0.4, 0.5) is 0 Å². The molecule has 0 spiro atoms. The van der Waals surface area contributed by atoms with Gasteiger partial charge in [-0.3, -0.25) is 0 Å². The molecule has 0 aromatic heterocycles. The Morgan fingerprint density at radius 2 is 1.78 bits per heavy atom. The van der Waals surface area contributed by atoms with Gasteiger partial charge in [0.1, 0.15) is 11.8 Å². The van der Waals surface area contributed by atoms with Gasteiger partial charge in [0.2, 0.25) is 5.60 Å². The lowest BCUT2D eigenvalue weighted by Crippen LogP contribution is -2.48. The maximum absolute atomic E-state index is 12.2. The first kappa shape index (κ1) is 14.2. The van der Waals surface area contributed by atoms with E-state index in [1.165, 1.54) is 0 Å². The summed E-state index contributed by atoms with van der Waals surface area (Å²) < 4.78 is 11.2. The molecule has 0 bridgehead atoms. The lowest BCUT2D eigenvalue weighted by molar-refractivity contribution is -0.163. The molecule has 2 fully saturated rings. The molecular formula is C18H17NO4. The highest BCUT2D eigenvalue weighted by atomic mass is 16.7. The van der Waals surface area contributed by atoms with Crippen molar-refractivity contribution in [2.45, 2.75) is 24.2 Å². The second-order valence-electron chi connectivity index (χ2n) is 5.95. The summed E-state index contributed by atoms with van der Waals surface area (Å²) in [6, 6.07) is 17.1. The number of fused-ring (bicyclic) bond motifs is 1. The van der Waals surface area contributed by atoms with Gasteiger partial charge in [-0.05, 0) is 30.2 Å². The van der Waals surface area contributed by atoms with Gasteiger partial charge >= 0.3 is 5.97 Å². The Balaban J connectivity index is 1.80. The number of carbonyl (C=O) groups is 1. The van der Waals surface area contributed by atoms with Crippen molar-refractivity contribution in [2.24, 2.45) is 0 Å². The average Bonchev–Trinajstić information content (AvgIpc) is 3.26. The van der Waals surface area contributed by atoms with E-state index in [1.54, 1.807) is 14.0 Å². The molecule has 3 atom stereocenters. The van der Waals surface area contributed by atoms with Crippen LogP contribution in [0.25, 0.3) is 0 Å². The van der Waals surface area contributed by atoms with E-state index in [1.807, 2.05) is 54.6 Å². The van der Waals surface area contributed by atoms with Crippen molar-refractivity contribution in [1.82, 2.24) is 5.48 Å². The lowest BCUT2D eigenvalue weighted by atomic mass is 9.78. The van der Waals surface area contributed by atoms with Crippen LogP contribution in [0.5, 0.6) is 5.75 Å². The van der Waals surface area contributed by atoms with E-state index in [2.05, 4.69) is 5.48 Å². The second kappa shape index (κ2) is 4.81. The molecule has 5 heteroatoms. The molecule has 0 saturated carbocycles. The van der Waals surface area contributed by atoms with Crippen LogP contribution in [0.2, 0.25) is 0 Å². The van der Waals surface area contributed by atoms with Gasteiger partial charge in [-0.1, -0.05) is 42.5 Å². The normalized spacial score (nSPS) is 31.9. The van der Waals surface area contributed by atoms with E-state index in [0.717, 1.165) is 16.9 Å². The van der Waals surface area contributed by atoms with Gasteiger partial charge < -0.3 is 14.3 Å². The van der Waals surface area contributed by atoms with E-state index < -0.39 is 17.2 Å². The Bertz CT molecular complexity index is 745. The topological polar surface area (TPSA) is 60.1 Å². The van der Waals surface area contributed by atoms with Crippen LogP contribution < -0.4 is 10.2 Å². The predicted octanol–water partition coefficient (Wildman–Crippen LogP) is 2.48. The third-order valence-corrected chi connectivity index (χ3v) is 4.75. The summed E-state index contributed by atoms with van der Waals surface area (Å²) in [6.07, 6.45) is 0. The van der Waals surface area contributed by atoms with Crippen molar-refractivity contribution < 1.29 is 19.1 Å². The summed E-state index contributed by atoms with van der Waals surface area (Å²) in [6.45, 7) is 1.78. The van der Waals surface area contributed by atoms with E-state index in [9.17, 15) is 4.79 Å². The van der Waals surface area contributed by atoms with Crippen molar-refractivity contribution in [3.05, 3.63) is 65.7 Å². The van der Waals surface area contributed by atoms with Crippen LogP contribution in [0.1, 0.15) is 24.1 Å². The van der Waals surface area contributed by atoms with Crippen molar-refractivity contribution in [1.29, 1.82) is 0 Å². The largest absolute Gasteiger partial charge is 0.497 e. The molecule has 0 amide bonds. The van der Waals surface area contributed by atoms with Gasteiger partial charge in [0.15, 0.2) is 5.60 Å². The first-order valence-corrected chi connectivity index (χ1v) is 7.48. The number of benzene rings is 2. The van der Waals surface area contributed by atoms with E-state index in [4.69, 9.17) is 14.3 Å². The van der Waals surface area contributed by atoms with E-state index in [-0.39, 0.29) is 6.04 Å². The molecule has 0 aliphatic carbocycles. The lowest BCUT2D eigenvalue weighted by Gasteiger charge is -2.31. The third kappa shape index (κ3) is 1.84. The van der Waals surface area contributed by atoms with Gasteiger partial charge in [0.05, 0.1) is 7.11 Å². The molecule has 4 rings (SSSR count). The fourth-order valence-corrected chi connectivity index (χ4v) is 3.40. The van der Waals surface area contributed by atoms with Gasteiger partial charge in [0.25, 0.3) is 0 Å². The van der Waals surface area contributed by atoms with Gasteiger partial charge in [0, 0.05) is 0 Å². The SMILES string of the molecule is COc1ccc([C@@H]2NOC(=O)[C@@]3(C)O[C@@]23c2ccccc2)cc1. The van der Waals surface area contributed by atoms with Gasteiger partial charge in [-0.2, -0.15) is 0 Å².